The molecule has 1 heterocycles. The summed E-state index contributed by atoms with van der Waals surface area (Å²) in [4.78, 5) is 40.3. The van der Waals surface area contributed by atoms with Crippen molar-refractivity contribution in [2.75, 3.05) is 6.54 Å². The molecule has 0 aliphatic carbocycles. The molecule has 1 aliphatic rings. The zero-order chi connectivity index (χ0) is 13.9. The number of Topliss-reactive ketones (excluding diaryl/α,β-unsaturated/α-hetero) is 1. The van der Waals surface area contributed by atoms with Gasteiger partial charge in [-0.15, -0.1) is 0 Å². The van der Waals surface area contributed by atoms with E-state index in [1.165, 1.54) is 4.90 Å². The minimum atomic E-state index is -0.932. The van der Waals surface area contributed by atoms with Crippen molar-refractivity contribution in [3.63, 3.8) is 0 Å². The van der Waals surface area contributed by atoms with Gasteiger partial charge in [-0.1, -0.05) is 0 Å². The normalized spacial score (nSPS) is 20.6. The Kier molecular flexibility index (Phi) is 4.28. The van der Waals surface area contributed by atoms with E-state index in [0.717, 1.165) is 0 Å². The number of amides is 1. The first-order valence-electron chi connectivity index (χ1n) is 5.72. The summed E-state index contributed by atoms with van der Waals surface area (Å²) in [6.07, 6.45) is -0.446. The number of piperidine rings is 1. The molecule has 0 aromatic carbocycles. The minimum Gasteiger partial charge on any atom is -0.444 e. The van der Waals surface area contributed by atoms with Crippen molar-refractivity contribution in [3.8, 4) is 0 Å². The van der Waals surface area contributed by atoms with E-state index >= 15 is 0 Å². The Labute approximate surface area is 105 Å². The van der Waals surface area contributed by atoms with Crippen molar-refractivity contribution in [1.29, 1.82) is 0 Å². The first kappa shape index (κ1) is 14.4. The number of ether oxygens (including phenoxy) is 1. The zero-order valence-corrected chi connectivity index (χ0v) is 10.9. The van der Waals surface area contributed by atoms with Crippen LogP contribution in [-0.2, 0) is 19.2 Å². The van der Waals surface area contributed by atoms with Crippen molar-refractivity contribution in [1.82, 2.24) is 4.90 Å². The summed E-state index contributed by atoms with van der Waals surface area (Å²) in [7, 11) is 0. The molecule has 1 atom stereocenters. The molecule has 1 amide bonds. The topological polar surface area (TPSA) is 101 Å². The van der Waals surface area contributed by atoms with Gasteiger partial charge in [-0.2, -0.15) is 5.90 Å². The van der Waals surface area contributed by atoms with Gasteiger partial charge in [0.1, 0.15) is 17.4 Å². The quantitative estimate of drug-likeness (QED) is 0.649. The third kappa shape index (κ3) is 3.69. The molecule has 3 N–H and O–H groups in total. The van der Waals surface area contributed by atoms with Crippen LogP contribution in [0.1, 0.15) is 33.6 Å². The molecule has 0 saturated carbocycles. The smallest absolute Gasteiger partial charge is 0.411 e. The zero-order valence-electron chi connectivity index (χ0n) is 10.9. The van der Waals surface area contributed by atoms with Gasteiger partial charge in [-0.05, 0) is 20.8 Å². The molecule has 0 aromatic heterocycles. The minimum absolute atomic E-state index is 0.0480. The fourth-order valence-corrected chi connectivity index (χ4v) is 1.67. The SMILES string of the molecule is CC(C)(C)OC(=O)N1CCC(=O)C[C@H]1C(=O)O[NH3+]. The van der Waals surface area contributed by atoms with Crippen LogP contribution in [0.2, 0.25) is 0 Å². The molecule has 102 valence electrons. The number of quaternary nitrogens is 1. The molecule has 0 spiro atoms. The standard InChI is InChI=1S/C11H19N2O5/c1-11(2,3)17-10(16)13-5-4-7(14)6-8(13)9(15)18-12/h8H,4-6H2,1-3,12H3/q+1/t8-/m0/s1. The summed E-state index contributed by atoms with van der Waals surface area (Å²) >= 11 is 0. The summed E-state index contributed by atoms with van der Waals surface area (Å²) < 4.78 is 5.18. The summed E-state index contributed by atoms with van der Waals surface area (Å²) in [6, 6.07) is -0.932. The number of hydrogen-bond acceptors (Lipinski definition) is 5. The first-order valence-corrected chi connectivity index (χ1v) is 5.72. The number of rotatable bonds is 1. The monoisotopic (exact) mass is 259 g/mol. The van der Waals surface area contributed by atoms with Gasteiger partial charge in [0.2, 0.25) is 0 Å². The summed E-state index contributed by atoms with van der Waals surface area (Å²) in [5.41, 5.74) is -0.655. The van der Waals surface area contributed by atoms with Gasteiger partial charge in [0.15, 0.2) is 0 Å². The lowest BCUT2D eigenvalue weighted by Gasteiger charge is -2.33. The maximum Gasteiger partial charge on any atom is 0.411 e. The Bertz CT molecular complexity index is 361. The second kappa shape index (κ2) is 5.34. The first-order chi connectivity index (χ1) is 8.24. The Morgan fingerprint density at radius 1 is 1.39 bits per heavy atom. The number of nitrogens with zero attached hydrogens (tertiary/aromatic N) is 1. The van der Waals surface area contributed by atoms with Crippen LogP contribution >= 0.6 is 0 Å². The van der Waals surface area contributed by atoms with Gasteiger partial charge in [0, 0.05) is 19.4 Å². The third-order valence-corrected chi connectivity index (χ3v) is 2.47. The van der Waals surface area contributed by atoms with Gasteiger partial charge in [0.05, 0.1) is 0 Å². The van der Waals surface area contributed by atoms with Crippen LogP contribution in [0.15, 0.2) is 0 Å². The summed E-state index contributed by atoms with van der Waals surface area (Å²) in [6.45, 7) is 5.35. The summed E-state index contributed by atoms with van der Waals surface area (Å²) in [5, 5.41) is 0. The summed E-state index contributed by atoms with van der Waals surface area (Å²) in [5.74, 6) is 2.24. The predicted octanol–water partition coefficient (Wildman–Crippen LogP) is -0.345. The van der Waals surface area contributed by atoms with Crippen molar-refractivity contribution < 1.29 is 29.9 Å². The molecular weight excluding hydrogens is 240 g/mol. The van der Waals surface area contributed by atoms with Crippen LogP contribution in [0.3, 0.4) is 0 Å². The van der Waals surface area contributed by atoms with Crippen LogP contribution in [-0.4, -0.2) is 40.9 Å². The van der Waals surface area contributed by atoms with Gasteiger partial charge in [-0.25, -0.2) is 9.59 Å². The molecule has 7 heteroatoms. The van der Waals surface area contributed by atoms with E-state index < -0.39 is 23.7 Å². The van der Waals surface area contributed by atoms with Crippen LogP contribution in [0, 0.1) is 0 Å². The molecule has 0 bridgehead atoms. The van der Waals surface area contributed by atoms with Gasteiger partial charge in [-0.3, -0.25) is 14.5 Å². The number of carbonyl (C=O) groups excluding carboxylic acids is 3. The van der Waals surface area contributed by atoms with Gasteiger partial charge >= 0.3 is 12.1 Å². The average Bonchev–Trinajstić information content (AvgIpc) is 2.25. The van der Waals surface area contributed by atoms with Crippen molar-refractivity contribution in [3.05, 3.63) is 0 Å². The molecule has 7 nitrogen and oxygen atoms in total. The largest absolute Gasteiger partial charge is 0.444 e. The second-order valence-corrected chi connectivity index (χ2v) is 5.15. The van der Waals surface area contributed by atoms with Gasteiger partial charge in [0.25, 0.3) is 0 Å². The lowest BCUT2D eigenvalue weighted by atomic mass is 10.0. The highest BCUT2D eigenvalue weighted by Gasteiger charge is 2.39. The van der Waals surface area contributed by atoms with E-state index in [9.17, 15) is 14.4 Å². The van der Waals surface area contributed by atoms with E-state index in [-0.39, 0.29) is 25.2 Å². The molecule has 1 aliphatic heterocycles. The van der Waals surface area contributed by atoms with Crippen LogP contribution in [0.5, 0.6) is 0 Å². The van der Waals surface area contributed by atoms with E-state index in [4.69, 9.17) is 4.74 Å². The Morgan fingerprint density at radius 2 is 2.00 bits per heavy atom. The van der Waals surface area contributed by atoms with Crippen LogP contribution in [0.4, 0.5) is 4.79 Å². The fourth-order valence-electron chi connectivity index (χ4n) is 1.67. The highest BCUT2D eigenvalue weighted by atomic mass is 16.7. The molecule has 18 heavy (non-hydrogen) atoms. The third-order valence-electron chi connectivity index (χ3n) is 2.47. The second-order valence-electron chi connectivity index (χ2n) is 5.15. The van der Waals surface area contributed by atoms with Crippen molar-refractivity contribution in [2.45, 2.75) is 45.3 Å². The van der Waals surface area contributed by atoms with E-state index in [2.05, 4.69) is 10.7 Å². The van der Waals surface area contributed by atoms with Crippen LogP contribution < -0.4 is 5.90 Å². The fraction of sp³-hybridized carbons (Fsp3) is 0.727. The number of hydrogen-bond donors (Lipinski definition) is 1. The molecule has 0 radical (unpaired) electrons. The maximum atomic E-state index is 11.9. The highest BCUT2D eigenvalue weighted by molar-refractivity contribution is 5.90. The molecule has 1 rings (SSSR count). The average molecular weight is 259 g/mol. The van der Waals surface area contributed by atoms with Gasteiger partial charge < -0.3 is 4.74 Å². The van der Waals surface area contributed by atoms with E-state index in [0.29, 0.717) is 0 Å². The number of likely N-dealkylation sites (tertiary alicyclic amines) is 1. The highest BCUT2D eigenvalue weighted by Crippen LogP contribution is 2.19. The van der Waals surface area contributed by atoms with Crippen molar-refractivity contribution >= 4 is 17.8 Å². The molecule has 0 aromatic rings. The predicted molar refractivity (Wildman–Crippen MR) is 59.9 cm³/mol. The Hall–Kier alpha value is -1.63. The van der Waals surface area contributed by atoms with Crippen molar-refractivity contribution in [2.24, 2.45) is 0 Å². The van der Waals surface area contributed by atoms with E-state index in [1.807, 2.05) is 0 Å². The Morgan fingerprint density at radius 3 is 2.50 bits per heavy atom. The number of carbonyl (C=O) groups is 3. The number of ketones is 1. The van der Waals surface area contributed by atoms with E-state index in [1.54, 1.807) is 20.8 Å². The van der Waals surface area contributed by atoms with Crippen LogP contribution in [0.25, 0.3) is 0 Å². The lowest BCUT2D eigenvalue weighted by molar-refractivity contribution is -0.657. The maximum absolute atomic E-state index is 11.9. The molecule has 1 saturated heterocycles. The Balaban J connectivity index is 2.80. The lowest BCUT2D eigenvalue weighted by Crippen LogP contribution is -2.59. The molecule has 1 fully saturated rings. The molecular formula is C11H19N2O5+. The molecule has 0 unspecified atom stereocenters.